The Hall–Kier alpha value is -2.73. The van der Waals surface area contributed by atoms with Crippen LogP contribution in [-0.4, -0.2) is 41.3 Å². The van der Waals surface area contributed by atoms with E-state index in [1.165, 1.54) is 12.8 Å². The summed E-state index contributed by atoms with van der Waals surface area (Å²) in [5, 5.41) is 3.99. The van der Waals surface area contributed by atoms with Crippen molar-refractivity contribution in [1.29, 1.82) is 0 Å². The second-order valence-electron chi connectivity index (χ2n) is 8.75. The summed E-state index contributed by atoms with van der Waals surface area (Å²) in [6.45, 7) is 4.01. The van der Waals surface area contributed by atoms with Gasteiger partial charge in [-0.2, -0.15) is 0 Å². The smallest absolute Gasteiger partial charge is 0.230 e. The van der Waals surface area contributed by atoms with Crippen LogP contribution in [0, 0.1) is 0 Å². The molecule has 5 nitrogen and oxygen atoms in total. The Labute approximate surface area is 193 Å². The van der Waals surface area contributed by atoms with Crippen LogP contribution in [0.1, 0.15) is 49.6 Å². The average Bonchev–Trinajstić information content (AvgIpc) is 3.02. The molecule has 4 rings (SSSR count). The highest BCUT2D eigenvalue weighted by Gasteiger charge is 2.36. The monoisotopic (exact) mass is 449 g/mol. The Morgan fingerprint density at radius 3 is 2.41 bits per heavy atom. The van der Waals surface area contributed by atoms with E-state index in [0.29, 0.717) is 19.4 Å². The Kier molecular flexibility index (Phi) is 7.20. The van der Waals surface area contributed by atoms with Crippen LogP contribution in [-0.2, 0) is 21.4 Å². The fourth-order valence-corrected chi connectivity index (χ4v) is 5.50. The minimum Gasteiger partial charge on any atom is -0.355 e. The fourth-order valence-electron chi connectivity index (χ4n) is 4.37. The number of fused-ring (bicyclic) bond motifs is 1. The van der Waals surface area contributed by atoms with Gasteiger partial charge in [0, 0.05) is 32.5 Å². The predicted octanol–water partition coefficient (Wildman–Crippen LogP) is 4.71. The van der Waals surface area contributed by atoms with E-state index < -0.39 is 5.41 Å². The van der Waals surface area contributed by atoms with Crippen LogP contribution >= 0.6 is 11.3 Å². The average molecular weight is 450 g/mol. The van der Waals surface area contributed by atoms with Crippen molar-refractivity contribution in [2.45, 2.75) is 50.9 Å². The van der Waals surface area contributed by atoms with Gasteiger partial charge in [-0.25, -0.2) is 4.98 Å². The molecule has 1 fully saturated rings. The molecule has 2 heterocycles. The van der Waals surface area contributed by atoms with Gasteiger partial charge in [-0.05, 0) is 37.5 Å². The summed E-state index contributed by atoms with van der Waals surface area (Å²) in [4.78, 5) is 32.8. The van der Waals surface area contributed by atoms with E-state index in [4.69, 9.17) is 4.98 Å². The number of para-hydroxylation sites is 1. The van der Waals surface area contributed by atoms with Crippen molar-refractivity contribution in [1.82, 2.24) is 15.2 Å². The van der Waals surface area contributed by atoms with Crippen LogP contribution in [0.2, 0.25) is 0 Å². The van der Waals surface area contributed by atoms with Gasteiger partial charge in [0.1, 0.15) is 0 Å². The Bertz CT molecular complexity index is 1020. The molecule has 0 bridgehead atoms. The van der Waals surface area contributed by atoms with Gasteiger partial charge in [0.25, 0.3) is 0 Å². The number of likely N-dealkylation sites (tertiary alicyclic amines) is 1. The molecule has 0 radical (unpaired) electrons. The lowest BCUT2D eigenvalue weighted by Crippen LogP contribution is -2.45. The van der Waals surface area contributed by atoms with E-state index in [1.54, 1.807) is 11.3 Å². The van der Waals surface area contributed by atoms with Crippen LogP contribution in [0.5, 0.6) is 0 Å². The SMILES string of the molecule is CC(Cc1nc2ccccc2s1)(C(=O)NCCC(=O)N1CCCCCC1)c1ccccc1. The van der Waals surface area contributed by atoms with Crippen molar-refractivity contribution in [2.24, 2.45) is 0 Å². The summed E-state index contributed by atoms with van der Waals surface area (Å²) in [5.41, 5.74) is 1.16. The molecule has 1 N–H and O–H groups in total. The number of aromatic nitrogens is 1. The molecule has 168 valence electrons. The summed E-state index contributed by atoms with van der Waals surface area (Å²) >= 11 is 1.63. The van der Waals surface area contributed by atoms with Crippen molar-refractivity contribution in [2.75, 3.05) is 19.6 Å². The molecular weight excluding hydrogens is 418 g/mol. The highest BCUT2D eigenvalue weighted by Crippen LogP contribution is 2.32. The molecule has 1 aliphatic heterocycles. The summed E-state index contributed by atoms with van der Waals surface area (Å²) in [6, 6.07) is 17.9. The van der Waals surface area contributed by atoms with Gasteiger partial charge >= 0.3 is 0 Å². The number of rotatable bonds is 7. The fraction of sp³-hybridized carbons (Fsp3) is 0.423. The second-order valence-corrected chi connectivity index (χ2v) is 9.87. The van der Waals surface area contributed by atoms with Crippen molar-refractivity contribution in [3.63, 3.8) is 0 Å². The Morgan fingerprint density at radius 1 is 1.00 bits per heavy atom. The van der Waals surface area contributed by atoms with Crippen LogP contribution in [0.25, 0.3) is 10.2 Å². The highest BCUT2D eigenvalue weighted by molar-refractivity contribution is 7.18. The van der Waals surface area contributed by atoms with E-state index in [9.17, 15) is 9.59 Å². The number of carbonyl (C=O) groups is 2. The number of benzene rings is 2. The van der Waals surface area contributed by atoms with Crippen molar-refractivity contribution < 1.29 is 9.59 Å². The molecule has 2 amide bonds. The van der Waals surface area contributed by atoms with Gasteiger partial charge < -0.3 is 10.2 Å². The molecule has 2 aromatic carbocycles. The van der Waals surface area contributed by atoms with Crippen LogP contribution in [0.15, 0.2) is 54.6 Å². The van der Waals surface area contributed by atoms with E-state index in [2.05, 4.69) is 11.4 Å². The van der Waals surface area contributed by atoms with Crippen LogP contribution < -0.4 is 5.32 Å². The Balaban J connectivity index is 1.46. The lowest BCUT2D eigenvalue weighted by atomic mass is 9.78. The first-order valence-corrected chi connectivity index (χ1v) is 12.3. The standard InChI is InChI=1S/C26H31N3O2S/c1-26(20-11-5-4-6-12-20,19-23-28-21-13-7-8-14-22(21)32-23)25(31)27-16-15-24(30)29-17-9-2-3-10-18-29/h4-8,11-14H,2-3,9-10,15-19H2,1H3,(H,27,31). The summed E-state index contributed by atoms with van der Waals surface area (Å²) < 4.78 is 1.13. The molecular formula is C26H31N3O2S. The van der Waals surface area contributed by atoms with Gasteiger partial charge in [-0.15, -0.1) is 11.3 Å². The van der Waals surface area contributed by atoms with E-state index >= 15 is 0 Å². The van der Waals surface area contributed by atoms with E-state index in [1.807, 2.05) is 60.4 Å². The maximum atomic E-state index is 13.4. The quantitative estimate of drug-likeness (QED) is 0.568. The number of carbonyl (C=O) groups excluding carboxylic acids is 2. The van der Waals surface area contributed by atoms with Gasteiger partial charge in [-0.3, -0.25) is 9.59 Å². The molecule has 6 heteroatoms. The predicted molar refractivity (Wildman–Crippen MR) is 130 cm³/mol. The number of amides is 2. The maximum Gasteiger partial charge on any atom is 0.230 e. The Morgan fingerprint density at radius 2 is 1.69 bits per heavy atom. The third-order valence-electron chi connectivity index (χ3n) is 6.34. The van der Waals surface area contributed by atoms with Crippen molar-refractivity contribution in [3.05, 3.63) is 65.2 Å². The number of hydrogen-bond donors (Lipinski definition) is 1. The van der Waals surface area contributed by atoms with Gasteiger partial charge in [0.15, 0.2) is 0 Å². The molecule has 1 unspecified atom stereocenters. The summed E-state index contributed by atoms with van der Waals surface area (Å²) in [6.07, 6.45) is 5.40. The topological polar surface area (TPSA) is 62.3 Å². The third kappa shape index (κ3) is 5.18. The highest BCUT2D eigenvalue weighted by atomic mass is 32.1. The van der Waals surface area contributed by atoms with Crippen molar-refractivity contribution in [3.8, 4) is 0 Å². The zero-order valence-electron chi connectivity index (χ0n) is 18.7. The molecule has 0 spiro atoms. The minimum absolute atomic E-state index is 0.0633. The number of thiazole rings is 1. The molecule has 0 saturated carbocycles. The van der Waals surface area contributed by atoms with Gasteiger partial charge in [-0.1, -0.05) is 55.3 Å². The molecule has 3 aromatic rings. The molecule has 32 heavy (non-hydrogen) atoms. The largest absolute Gasteiger partial charge is 0.355 e. The minimum atomic E-state index is -0.763. The lowest BCUT2D eigenvalue weighted by molar-refractivity contribution is -0.131. The van der Waals surface area contributed by atoms with Gasteiger partial charge in [0.05, 0.1) is 20.6 Å². The molecule has 1 aliphatic rings. The zero-order valence-corrected chi connectivity index (χ0v) is 19.5. The van der Waals surface area contributed by atoms with Crippen molar-refractivity contribution >= 4 is 33.4 Å². The first-order valence-electron chi connectivity index (χ1n) is 11.5. The lowest BCUT2D eigenvalue weighted by Gasteiger charge is -2.28. The third-order valence-corrected chi connectivity index (χ3v) is 7.37. The van der Waals surface area contributed by atoms with Crippen LogP contribution in [0.3, 0.4) is 0 Å². The first kappa shape index (κ1) is 22.5. The molecule has 1 atom stereocenters. The number of nitrogens with zero attached hydrogens (tertiary/aromatic N) is 2. The normalized spacial score (nSPS) is 16.3. The molecule has 1 saturated heterocycles. The molecule has 1 aromatic heterocycles. The van der Waals surface area contributed by atoms with Gasteiger partial charge in [0.2, 0.25) is 11.8 Å². The number of hydrogen-bond acceptors (Lipinski definition) is 4. The summed E-state index contributed by atoms with van der Waals surface area (Å²) in [7, 11) is 0. The van der Waals surface area contributed by atoms with E-state index in [0.717, 1.165) is 46.7 Å². The maximum absolute atomic E-state index is 13.4. The summed E-state index contributed by atoms with van der Waals surface area (Å²) in [5.74, 6) is 0.0754. The number of nitrogens with one attached hydrogen (secondary N) is 1. The van der Waals surface area contributed by atoms with Crippen LogP contribution in [0.4, 0.5) is 0 Å². The van der Waals surface area contributed by atoms with E-state index in [-0.39, 0.29) is 11.8 Å². The zero-order chi connectivity index (χ0) is 22.4. The first-order chi connectivity index (χ1) is 15.6. The second kappa shape index (κ2) is 10.3. The molecule has 0 aliphatic carbocycles.